The van der Waals surface area contributed by atoms with E-state index in [0.717, 1.165) is 18.4 Å². The summed E-state index contributed by atoms with van der Waals surface area (Å²) < 4.78 is 11.9. The van der Waals surface area contributed by atoms with Gasteiger partial charge in [-0.2, -0.15) is 0 Å². The van der Waals surface area contributed by atoms with Crippen molar-refractivity contribution in [1.82, 2.24) is 0 Å². The third-order valence-corrected chi connectivity index (χ3v) is 7.78. The number of aliphatic hydroxyl groups excluding tert-OH is 1. The van der Waals surface area contributed by atoms with Crippen LogP contribution in [0.3, 0.4) is 0 Å². The van der Waals surface area contributed by atoms with Crippen molar-refractivity contribution in [3.63, 3.8) is 0 Å². The molecule has 0 saturated heterocycles. The number of rotatable bonds is 4. The second-order valence-corrected chi connectivity index (χ2v) is 8.42. The van der Waals surface area contributed by atoms with Crippen LogP contribution in [0.25, 0.3) is 0 Å². The van der Waals surface area contributed by atoms with Crippen molar-refractivity contribution in [2.24, 2.45) is 11.8 Å². The molecule has 6 heteroatoms. The molecule has 148 valence electrons. The van der Waals surface area contributed by atoms with Gasteiger partial charge in [-0.05, 0) is 67.6 Å². The van der Waals surface area contributed by atoms with Crippen LogP contribution in [0.5, 0.6) is 0 Å². The maximum absolute atomic E-state index is 11.9. The van der Waals surface area contributed by atoms with Crippen LogP contribution in [0.2, 0.25) is 0 Å². The summed E-state index contributed by atoms with van der Waals surface area (Å²) in [5.74, 6) is 0.285. The zero-order valence-corrected chi connectivity index (χ0v) is 15.9. The van der Waals surface area contributed by atoms with Gasteiger partial charge in [-0.15, -0.1) is 0 Å². The lowest BCUT2D eigenvalue weighted by Gasteiger charge is -2.55. The number of ether oxygens (including phenoxy) is 2. The van der Waals surface area contributed by atoms with Crippen LogP contribution >= 0.6 is 0 Å². The molecule has 1 unspecified atom stereocenters. The molecule has 2 saturated carbocycles. The van der Waals surface area contributed by atoms with Gasteiger partial charge in [-0.25, -0.2) is 0 Å². The molecule has 4 aliphatic carbocycles. The molecule has 6 atom stereocenters. The Balaban J connectivity index is 1.80. The first-order valence-corrected chi connectivity index (χ1v) is 9.79. The topological polar surface area (TPSA) is 93.1 Å². The lowest BCUT2D eigenvalue weighted by Crippen LogP contribution is -2.64. The minimum absolute atomic E-state index is 0.00620. The van der Waals surface area contributed by atoms with E-state index < -0.39 is 22.9 Å². The molecule has 6 nitrogen and oxygen atoms in total. The number of aldehydes is 1. The maximum Gasteiger partial charge on any atom is 0.155 e. The van der Waals surface area contributed by atoms with Crippen LogP contribution in [0.1, 0.15) is 44.9 Å². The zero-order valence-electron chi connectivity index (χ0n) is 15.9. The van der Waals surface area contributed by atoms with Crippen LogP contribution in [0.4, 0.5) is 0 Å². The van der Waals surface area contributed by atoms with Crippen molar-refractivity contribution in [3.8, 4) is 0 Å². The van der Waals surface area contributed by atoms with Crippen LogP contribution in [-0.4, -0.2) is 59.4 Å². The average Bonchev–Trinajstić information content (AvgIpc) is 3.01. The molecule has 2 fully saturated rings. The minimum Gasteiger partial charge on any atom is -0.384 e. The molecule has 0 radical (unpaired) electrons. The number of aliphatic hydroxyl groups is 2. The van der Waals surface area contributed by atoms with E-state index in [4.69, 9.17) is 9.47 Å². The lowest BCUT2D eigenvalue weighted by molar-refractivity contribution is -0.214. The highest BCUT2D eigenvalue weighted by Crippen LogP contribution is 2.62. The Morgan fingerprint density at radius 1 is 1.22 bits per heavy atom. The molecule has 4 rings (SSSR count). The van der Waals surface area contributed by atoms with Crippen LogP contribution < -0.4 is 0 Å². The standard InChI is InChI=1S/C21H28O6/c1-26-19-8-5-14(23)11-13(19)3-4-15-16(19)7-10-21(27-2)17(15)6-9-20(21,25)18(24)12-22/h7,11-12,15,17-18,24-25H,3-6,8-10H2,1-2H3/t15-,17+,18?,19-,20+,21-/m0/s1. The number of fused-ring (bicyclic) bond motifs is 5. The molecule has 0 aromatic rings. The van der Waals surface area contributed by atoms with E-state index in [0.29, 0.717) is 38.4 Å². The molecule has 4 aliphatic rings. The molecular formula is C21H28O6. The van der Waals surface area contributed by atoms with E-state index in [1.807, 2.05) is 0 Å². The third kappa shape index (κ3) is 2.27. The summed E-state index contributed by atoms with van der Waals surface area (Å²) in [6.45, 7) is 0. The van der Waals surface area contributed by atoms with E-state index in [1.165, 1.54) is 5.57 Å². The molecule has 27 heavy (non-hydrogen) atoms. The number of ketones is 1. The van der Waals surface area contributed by atoms with Crippen LogP contribution in [0.15, 0.2) is 23.3 Å². The van der Waals surface area contributed by atoms with Crippen molar-refractivity contribution >= 4 is 12.1 Å². The molecule has 0 amide bonds. The lowest BCUT2D eigenvalue weighted by atomic mass is 9.56. The van der Waals surface area contributed by atoms with Crippen molar-refractivity contribution < 1.29 is 29.3 Å². The normalized spacial score (nSPS) is 44.5. The SMILES string of the molecule is CO[C@@]12CCC(=O)C=C1CC[C@H]1C2=CC[C@]2(OC)[C@@H]1CC[C@@]2(O)C(O)C=O. The number of hydrogen-bond acceptors (Lipinski definition) is 6. The second kappa shape index (κ2) is 6.34. The van der Waals surface area contributed by atoms with Crippen molar-refractivity contribution in [1.29, 1.82) is 0 Å². The number of carbonyl (C=O) groups is 2. The largest absolute Gasteiger partial charge is 0.384 e. The minimum atomic E-state index is -1.59. The first-order valence-electron chi connectivity index (χ1n) is 9.79. The predicted octanol–water partition coefficient (Wildman–Crippen LogP) is 1.49. The van der Waals surface area contributed by atoms with E-state index in [-0.39, 0.29) is 17.6 Å². The molecule has 0 heterocycles. The van der Waals surface area contributed by atoms with E-state index in [2.05, 4.69) is 6.08 Å². The Hall–Kier alpha value is -1.34. The second-order valence-electron chi connectivity index (χ2n) is 8.42. The summed E-state index contributed by atoms with van der Waals surface area (Å²) in [4.78, 5) is 23.2. The van der Waals surface area contributed by atoms with Gasteiger partial charge in [0.1, 0.15) is 22.9 Å². The molecular weight excluding hydrogens is 348 g/mol. The molecule has 2 N–H and O–H groups in total. The first-order chi connectivity index (χ1) is 12.9. The first kappa shape index (κ1) is 19.0. The smallest absolute Gasteiger partial charge is 0.155 e. The highest BCUT2D eigenvalue weighted by molar-refractivity contribution is 5.92. The van der Waals surface area contributed by atoms with Gasteiger partial charge in [0, 0.05) is 20.6 Å². The van der Waals surface area contributed by atoms with E-state index in [1.54, 1.807) is 20.3 Å². The highest BCUT2D eigenvalue weighted by atomic mass is 16.5. The van der Waals surface area contributed by atoms with Gasteiger partial charge in [-0.1, -0.05) is 6.08 Å². The molecule has 0 aromatic carbocycles. The summed E-state index contributed by atoms with van der Waals surface area (Å²) in [5, 5.41) is 21.5. The predicted molar refractivity (Wildman–Crippen MR) is 97.0 cm³/mol. The third-order valence-electron chi connectivity index (χ3n) is 7.78. The van der Waals surface area contributed by atoms with Gasteiger partial charge < -0.3 is 24.5 Å². The summed E-state index contributed by atoms with van der Waals surface area (Å²) in [7, 11) is 3.26. The Labute approximate surface area is 159 Å². The van der Waals surface area contributed by atoms with Gasteiger partial charge in [0.15, 0.2) is 12.1 Å². The zero-order chi connectivity index (χ0) is 19.4. The van der Waals surface area contributed by atoms with Gasteiger partial charge in [0.25, 0.3) is 0 Å². The fourth-order valence-electron chi connectivity index (χ4n) is 6.48. The molecule has 0 aliphatic heterocycles. The van der Waals surface area contributed by atoms with Crippen molar-refractivity contribution in [3.05, 3.63) is 23.3 Å². The number of allylic oxidation sites excluding steroid dienone is 1. The fourth-order valence-corrected chi connectivity index (χ4v) is 6.48. The quantitative estimate of drug-likeness (QED) is 0.570. The average molecular weight is 376 g/mol. The monoisotopic (exact) mass is 376 g/mol. The molecule has 0 spiro atoms. The van der Waals surface area contributed by atoms with Gasteiger partial charge in [-0.3, -0.25) is 4.79 Å². The van der Waals surface area contributed by atoms with Gasteiger partial charge in [0.05, 0.1) is 0 Å². The summed E-state index contributed by atoms with van der Waals surface area (Å²) in [6, 6.07) is 0. The molecule has 0 aromatic heterocycles. The van der Waals surface area contributed by atoms with Crippen molar-refractivity contribution in [2.75, 3.05) is 14.2 Å². The molecule has 0 bridgehead atoms. The summed E-state index contributed by atoms with van der Waals surface area (Å²) >= 11 is 0. The Morgan fingerprint density at radius 3 is 2.67 bits per heavy atom. The summed E-state index contributed by atoms with van der Waals surface area (Å²) in [5.41, 5.74) is -0.884. The van der Waals surface area contributed by atoms with Gasteiger partial charge >= 0.3 is 0 Å². The number of carbonyl (C=O) groups excluding carboxylic acids is 2. The Kier molecular flexibility index (Phi) is 4.46. The Bertz CT molecular complexity index is 726. The fraction of sp³-hybridized carbons (Fsp3) is 0.714. The van der Waals surface area contributed by atoms with E-state index >= 15 is 0 Å². The van der Waals surface area contributed by atoms with Crippen LogP contribution in [-0.2, 0) is 19.1 Å². The van der Waals surface area contributed by atoms with E-state index in [9.17, 15) is 19.8 Å². The maximum atomic E-state index is 11.9. The van der Waals surface area contributed by atoms with Crippen LogP contribution in [0, 0.1) is 11.8 Å². The number of methoxy groups -OCH3 is 2. The summed E-state index contributed by atoms with van der Waals surface area (Å²) in [6.07, 6.45) is 6.90. The van der Waals surface area contributed by atoms with Crippen molar-refractivity contribution in [2.45, 2.75) is 67.9 Å². The number of hydrogen-bond donors (Lipinski definition) is 2. The van der Waals surface area contributed by atoms with Gasteiger partial charge in [0.2, 0.25) is 0 Å². The Morgan fingerprint density at radius 2 is 2.00 bits per heavy atom. The highest BCUT2D eigenvalue weighted by Gasteiger charge is 2.67.